The van der Waals surface area contributed by atoms with Gasteiger partial charge in [0, 0.05) is 43.3 Å². The SMILES string of the molecule is CC(C)c1nc(N(C)c2ccc(Cl)cc2)c2n1CCNC2. The van der Waals surface area contributed by atoms with Crippen molar-refractivity contribution in [2.75, 3.05) is 18.5 Å². The molecular weight excluding hydrogens is 284 g/mol. The fourth-order valence-electron chi connectivity index (χ4n) is 2.81. The molecule has 0 atom stereocenters. The maximum Gasteiger partial charge on any atom is 0.155 e. The lowest BCUT2D eigenvalue weighted by molar-refractivity contribution is 0.493. The third-order valence-electron chi connectivity index (χ3n) is 3.93. The molecule has 0 bridgehead atoms. The minimum absolute atomic E-state index is 0.425. The van der Waals surface area contributed by atoms with Crippen molar-refractivity contribution in [2.24, 2.45) is 0 Å². The number of benzene rings is 1. The maximum atomic E-state index is 5.98. The van der Waals surface area contributed by atoms with Crippen LogP contribution in [0.2, 0.25) is 5.02 Å². The first kappa shape index (κ1) is 14.4. The minimum atomic E-state index is 0.425. The molecule has 2 aromatic rings. The second kappa shape index (κ2) is 5.70. The van der Waals surface area contributed by atoms with Crippen LogP contribution in [0.4, 0.5) is 11.5 Å². The van der Waals surface area contributed by atoms with Crippen LogP contribution in [0.5, 0.6) is 0 Å². The van der Waals surface area contributed by atoms with Crippen molar-refractivity contribution in [2.45, 2.75) is 32.9 Å². The van der Waals surface area contributed by atoms with E-state index >= 15 is 0 Å². The summed E-state index contributed by atoms with van der Waals surface area (Å²) in [5.41, 5.74) is 2.36. The number of imidazole rings is 1. The molecular formula is C16H21ClN4. The van der Waals surface area contributed by atoms with Gasteiger partial charge < -0.3 is 14.8 Å². The number of halogens is 1. The van der Waals surface area contributed by atoms with Crippen LogP contribution in [0.3, 0.4) is 0 Å². The van der Waals surface area contributed by atoms with Crippen molar-refractivity contribution in [1.82, 2.24) is 14.9 Å². The molecule has 112 valence electrons. The molecule has 0 spiro atoms. The number of hydrogen-bond acceptors (Lipinski definition) is 3. The van der Waals surface area contributed by atoms with E-state index in [-0.39, 0.29) is 0 Å². The summed E-state index contributed by atoms with van der Waals surface area (Å²) in [5.74, 6) is 2.63. The Bertz CT molecular complexity index is 630. The molecule has 0 saturated heterocycles. The lowest BCUT2D eigenvalue weighted by Crippen LogP contribution is -2.29. The Kier molecular flexibility index (Phi) is 3.91. The first-order chi connectivity index (χ1) is 10.1. The van der Waals surface area contributed by atoms with E-state index in [1.165, 1.54) is 11.5 Å². The van der Waals surface area contributed by atoms with Gasteiger partial charge in [-0.25, -0.2) is 4.98 Å². The normalized spacial score (nSPS) is 14.3. The average Bonchev–Trinajstić information content (AvgIpc) is 2.87. The fourth-order valence-corrected chi connectivity index (χ4v) is 2.94. The van der Waals surface area contributed by atoms with Crippen LogP contribution < -0.4 is 10.2 Å². The Morgan fingerprint density at radius 2 is 2.00 bits per heavy atom. The van der Waals surface area contributed by atoms with Gasteiger partial charge in [0.05, 0.1) is 5.69 Å². The van der Waals surface area contributed by atoms with E-state index in [1.807, 2.05) is 24.3 Å². The van der Waals surface area contributed by atoms with Gasteiger partial charge in [0.2, 0.25) is 0 Å². The highest BCUT2D eigenvalue weighted by Gasteiger charge is 2.23. The number of nitrogens with zero attached hydrogens (tertiary/aromatic N) is 3. The van der Waals surface area contributed by atoms with Crippen LogP contribution in [0.25, 0.3) is 0 Å². The number of aromatic nitrogens is 2. The third-order valence-corrected chi connectivity index (χ3v) is 4.19. The average molecular weight is 305 g/mol. The largest absolute Gasteiger partial charge is 0.328 e. The Morgan fingerprint density at radius 1 is 1.29 bits per heavy atom. The minimum Gasteiger partial charge on any atom is -0.328 e. The maximum absolute atomic E-state index is 5.98. The molecule has 1 aromatic heterocycles. The molecule has 2 heterocycles. The summed E-state index contributed by atoms with van der Waals surface area (Å²) in [6.07, 6.45) is 0. The van der Waals surface area contributed by atoms with Crippen molar-refractivity contribution in [1.29, 1.82) is 0 Å². The zero-order valence-electron chi connectivity index (χ0n) is 12.7. The van der Waals surface area contributed by atoms with Gasteiger partial charge in [-0.15, -0.1) is 0 Å². The number of hydrogen-bond donors (Lipinski definition) is 1. The Morgan fingerprint density at radius 3 is 2.67 bits per heavy atom. The predicted molar refractivity (Wildman–Crippen MR) is 87.5 cm³/mol. The van der Waals surface area contributed by atoms with E-state index in [0.717, 1.165) is 36.2 Å². The molecule has 0 saturated carbocycles. The smallest absolute Gasteiger partial charge is 0.155 e. The zero-order valence-corrected chi connectivity index (χ0v) is 13.5. The molecule has 21 heavy (non-hydrogen) atoms. The lowest BCUT2D eigenvalue weighted by atomic mass is 10.2. The first-order valence-electron chi connectivity index (χ1n) is 7.37. The van der Waals surface area contributed by atoms with Crippen molar-refractivity contribution in [3.05, 3.63) is 40.8 Å². The standard InChI is InChI=1S/C16H21ClN4/c1-11(2)15-19-16(14-10-18-8-9-21(14)15)20(3)13-6-4-12(17)5-7-13/h4-7,11,18H,8-10H2,1-3H3. The van der Waals surface area contributed by atoms with E-state index < -0.39 is 0 Å². The summed E-state index contributed by atoms with van der Waals surface area (Å²) >= 11 is 5.98. The highest BCUT2D eigenvalue weighted by Crippen LogP contribution is 2.31. The van der Waals surface area contributed by atoms with Gasteiger partial charge in [0.1, 0.15) is 5.82 Å². The molecule has 5 heteroatoms. The van der Waals surface area contributed by atoms with Gasteiger partial charge in [-0.1, -0.05) is 25.4 Å². The number of nitrogens with one attached hydrogen (secondary N) is 1. The number of rotatable bonds is 3. The molecule has 1 aliphatic heterocycles. The third kappa shape index (κ3) is 2.65. The number of anilines is 2. The van der Waals surface area contributed by atoms with Crippen molar-refractivity contribution < 1.29 is 0 Å². The molecule has 1 aromatic carbocycles. The summed E-state index contributed by atoms with van der Waals surface area (Å²) < 4.78 is 2.36. The highest BCUT2D eigenvalue weighted by molar-refractivity contribution is 6.30. The van der Waals surface area contributed by atoms with E-state index in [9.17, 15) is 0 Å². The van der Waals surface area contributed by atoms with Crippen LogP contribution >= 0.6 is 11.6 Å². The lowest BCUT2D eigenvalue weighted by Gasteiger charge is -2.22. The van der Waals surface area contributed by atoms with E-state index in [0.29, 0.717) is 5.92 Å². The summed E-state index contributed by atoms with van der Waals surface area (Å²) in [4.78, 5) is 7.05. The van der Waals surface area contributed by atoms with Crippen LogP contribution in [-0.4, -0.2) is 23.1 Å². The monoisotopic (exact) mass is 304 g/mol. The Labute approximate surface area is 130 Å². The molecule has 0 amide bonds. The Balaban J connectivity index is 2.03. The number of fused-ring (bicyclic) bond motifs is 1. The van der Waals surface area contributed by atoms with Crippen LogP contribution in [0.1, 0.15) is 31.3 Å². The van der Waals surface area contributed by atoms with Crippen molar-refractivity contribution in [3.8, 4) is 0 Å². The van der Waals surface area contributed by atoms with Gasteiger partial charge in [-0.2, -0.15) is 0 Å². The van der Waals surface area contributed by atoms with E-state index in [2.05, 4.69) is 35.7 Å². The molecule has 3 rings (SSSR count). The van der Waals surface area contributed by atoms with Crippen LogP contribution in [0, 0.1) is 0 Å². The van der Waals surface area contributed by atoms with Crippen molar-refractivity contribution >= 4 is 23.1 Å². The van der Waals surface area contributed by atoms with Gasteiger partial charge in [0.25, 0.3) is 0 Å². The second-order valence-electron chi connectivity index (χ2n) is 5.76. The zero-order chi connectivity index (χ0) is 15.0. The van der Waals surface area contributed by atoms with Crippen LogP contribution in [-0.2, 0) is 13.1 Å². The first-order valence-corrected chi connectivity index (χ1v) is 7.75. The molecule has 0 fully saturated rings. The summed E-state index contributed by atoms with van der Waals surface area (Å²) in [6.45, 7) is 7.26. The van der Waals surface area contributed by atoms with E-state index in [4.69, 9.17) is 16.6 Å². The predicted octanol–water partition coefficient (Wildman–Crippen LogP) is 3.53. The quantitative estimate of drug-likeness (QED) is 0.941. The molecule has 0 aliphatic carbocycles. The van der Waals surface area contributed by atoms with Gasteiger partial charge in [0.15, 0.2) is 5.82 Å². The van der Waals surface area contributed by atoms with E-state index in [1.54, 1.807) is 0 Å². The second-order valence-corrected chi connectivity index (χ2v) is 6.20. The molecule has 1 N–H and O–H groups in total. The van der Waals surface area contributed by atoms with Crippen LogP contribution in [0.15, 0.2) is 24.3 Å². The topological polar surface area (TPSA) is 33.1 Å². The molecule has 1 aliphatic rings. The summed E-state index contributed by atoms with van der Waals surface area (Å²) in [6, 6.07) is 7.88. The summed E-state index contributed by atoms with van der Waals surface area (Å²) in [5, 5.41) is 4.19. The molecule has 0 unspecified atom stereocenters. The molecule has 0 radical (unpaired) electrons. The van der Waals surface area contributed by atoms with Crippen molar-refractivity contribution in [3.63, 3.8) is 0 Å². The Hall–Kier alpha value is -1.52. The van der Waals surface area contributed by atoms with Gasteiger partial charge in [-0.05, 0) is 24.3 Å². The summed E-state index contributed by atoms with van der Waals surface area (Å²) in [7, 11) is 2.06. The fraction of sp³-hybridized carbons (Fsp3) is 0.438. The van der Waals surface area contributed by atoms with Gasteiger partial charge >= 0.3 is 0 Å². The highest BCUT2D eigenvalue weighted by atomic mass is 35.5. The van der Waals surface area contributed by atoms with Gasteiger partial charge in [-0.3, -0.25) is 0 Å². The molecule has 4 nitrogen and oxygen atoms in total.